The maximum absolute atomic E-state index is 3.64. The summed E-state index contributed by atoms with van der Waals surface area (Å²) in [5, 5.41) is 3.64. The Morgan fingerprint density at radius 1 is 0.759 bits per heavy atom. The van der Waals surface area contributed by atoms with E-state index in [-0.39, 0.29) is 5.41 Å². The molecule has 3 aromatic carbocycles. The third-order valence-electron chi connectivity index (χ3n) is 7.95. The Bertz CT molecular complexity index is 1080. The first-order valence-corrected chi connectivity index (χ1v) is 11.2. The topological polar surface area (TPSA) is 12.0 Å². The van der Waals surface area contributed by atoms with Crippen LogP contribution in [-0.4, -0.2) is 0 Å². The summed E-state index contributed by atoms with van der Waals surface area (Å²) in [6.45, 7) is 4.67. The number of fused-ring (bicyclic) bond motifs is 5. The molecule has 6 rings (SSSR count). The van der Waals surface area contributed by atoms with Crippen LogP contribution in [0.5, 0.6) is 0 Å². The van der Waals surface area contributed by atoms with Gasteiger partial charge in [-0.2, -0.15) is 0 Å². The monoisotopic (exact) mass is 379 g/mol. The van der Waals surface area contributed by atoms with Crippen LogP contribution >= 0.6 is 0 Å². The molecule has 3 atom stereocenters. The first-order chi connectivity index (χ1) is 14.1. The molecule has 3 aliphatic rings. The Labute approximate surface area is 174 Å². The van der Waals surface area contributed by atoms with Crippen molar-refractivity contribution in [3.8, 4) is 11.1 Å². The molecular formula is C28H29N. The minimum atomic E-state index is 0.0762. The third-order valence-corrected chi connectivity index (χ3v) is 7.95. The molecule has 1 N–H and O–H groups in total. The highest BCUT2D eigenvalue weighted by molar-refractivity contribution is 5.83. The average Bonchev–Trinajstić information content (AvgIpc) is 3.43. The second-order valence-corrected chi connectivity index (χ2v) is 9.96. The molecule has 0 spiro atoms. The van der Waals surface area contributed by atoms with E-state index in [1.165, 1.54) is 59.3 Å². The maximum atomic E-state index is 3.64. The van der Waals surface area contributed by atoms with Crippen LogP contribution < -0.4 is 5.32 Å². The fourth-order valence-electron chi connectivity index (χ4n) is 6.43. The lowest BCUT2D eigenvalue weighted by molar-refractivity contribution is 0.420. The summed E-state index contributed by atoms with van der Waals surface area (Å²) in [4.78, 5) is 0. The lowest BCUT2D eigenvalue weighted by atomic mass is 9.82. The zero-order valence-electron chi connectivity index (χ0n) is 17.4. The largest absolute Gasteiger partial charge is 0.356 e. The molecule has 0 aliphatic heterocycles. The van der Waals surface area contributed by atoms with E-state index in [9.17, 15) is 0 Å². The smallest absolute Gasteiger partial charge is 0.0390 e. The Morgan fingerprint density at radius 3 is 2.28 bits per heavy atom. The first-order valence-electron chi connectivity index (χ1n) is 11.2. The second kappa shape index (κ2) is 6.23. The van der Waals surface area contributed by atoms with Gasteiger partial charge in [0, 0.05) is 16.8 Å². The molecule has 3 aliphatic carbocycles. The Kier molecular flexibility index (Phi) is 3.72. The maximum Gasteiger partial charge on any atom is 0.0390 e. The molecule has 0 saturated heterocycles. The highest BCUT2D eigenvalue weighted by Gasteiger charge is 2.40. The fraction of sp³-hybridized carbons (Fsp3) is 0.357. The fourth-order valence-corrected chi connectivity index (χ4v) is 6.43. The average molecular weight is 380 g/mol. The molecule has 3 unspecified atom stereocenters. The standard InChI is InChI=1S/C28H29N/c1-28(2)26-6-4-3-5-23(26)25-17-22(13-14-27(25)28)29-21-11-9-19(10-12-21)24-16-18-7-8-20(24)15-18/h3-6,9-14,17-18,20,24,29H,7-8,15-16H2,1-2H3. The summed E-state index contributed by atoms with van der Waals surface area (Å²) >= 11 is 0. The Morgan fingerprint density at radius 2 is 1.52 bits per heavy atom. The number of benzene rings is 3. The molecule has 0 radical (unpaired) electrons. The van der Waals surface area contributed by atoms with Crippen LogP contribution in [0.15, 0.2) is 66.7 Å². The van der Waals surface area contributed by atoms with Gasteiger partial charge in [-0.1, -0.05) is 62.7 Å². The van der Waals surface area contributed by atoms with Crippen molar-refractivity contribution in [2.24, 2.45) is 11.8 Å². The van der Waals surface area contributed by atoms with Crippen molar-refractivity contribution in [3.05, 3.63) is 83.4 Å². The minimum Gasteiger partial charge on any atom is -0.356 e. The summed E-state index contributed by atoms with van der Waals surface area (Å²) in [6.07, 6.45) is 5.80. The second-order valence-electron chi connectivity index (χ2n) is 9.96. The summed E-state index contributed by atoms with van der Waals surface area (Å²) in [5.74, 6) is 2.75. The number of anilines is 2. The molecule has 29 heavy (non-hydrogen) atoms. The van der Waals surface area contributed by atoms with E-state index in [0.29, 0.717) is 0 Å². The van der Waals surface area contributed by atoms with Gasteiger partial charge in [-0.05, 0) is 89.1 Å². The number of nitrogens with one attached hydrogen (secondary N) is 1. The summed E-state index contributed by atoms with van der Waals surface area (Å²) < 4.78 is 0. The van der Waals surface area contributed by atoms with Gasteiger partial charge in [-0.3, -0.25) is 0 Å². The number of hydrogen-bond donors (Lipinski definition) is 1. The molecule has 3 aromatic rings. The van der Waals surface area contributed by atoms with Crippen molar-refractivity contribution in [2.45, 2.75) is 50.9 Å². The predicted molar refractivity (Wildman–Crippen MR) is 122 cm³/mol. The quantitative estimate of drug-likeness (QED) is 0.493. The van der Waals surface area contributed by atoms with E-state index < -0.39 is 0 Å². The van der Waals surface area contributed by atoms with E-state index in [1.807, 2.05) is 0 Å². The molecule has 146 valence electrons. The lowest BCUT2D eigenvalue weighted by Gasteiger charge is -2.22. The van der Waals surface area contributed by atoms with Crippen molar-refractivity contribution in [1.82, 2.24) is 0 Å². The van der Waals surface area contributed by atoms with Gasteiger partial charge in [0.25, 0.3) is 0 Å². The molecule has 2 saturated carbocycles. The van der Waals surface area contributed by atoms with Gasteiger partial charge in [0.05, 0.1) is 0 Å². The zero-order chi connectivity index (χ0) is 19.6. The molecule has 2 fully saturated rings. The molecular weight excluding hydrogens is 350 g/mol. The van der Waals surface area contributed by atoms with Crippen molar-refractivity contribution in [3.63, 3.8) is 0 Å². The van der Waals surface area contributed by atoms with Crippen LogP contribution in [-0.2, 0) is 5.41 Å². The van der Waals surface area contributed by atoms with Crippen molar-refractivity contribution in [2.75, 3.05) is 5.32 Å². The van der Waals surface area contributed by atoms with Crippen LogP contribution in [0.3, 0.4) is 0 Å². The van der Waals surface area contributed by atoms with Gasteiger partial charge in [-0.25, -0.2) is 0 Å². The van der Waals surface area contributed by atoms with Gasteiger partial charge >= 0.3 is 0 Å². The lowest BCUT2D eigenvalue weighted by Crippen LogP contribution is -2.14. The predicted octanol–water partition coefficient (Wildman–Crippen LogP) is 7.64. The SMILES string of the molecule is CC1(C)c2ccccc2-c2cc(Nc3ccc(C4CC5CCC4C5)cc3)ccc21. The van der Waals surface area contributed by atoms with Crippen LogP contribution in [0.25, 0.3) is 11.1 Å². The van der Waals surface area contributed by atoms with Gasteiger partial charge in [0.1, 0.15) is 0 Å². The van der Waals surface area contributed by atoms with Crippen LogP contribution in [0.1, 0.15) is 62.1 Å². The highest BCUT2D eigenvalue weighted by atomic mass is 14.9. The van der Waals surface area contributed by atoms with Crippen molar-refractivity contribution < 1.29 is 0 Å². The van der Waals surface area contributed by atoms with E-state index in [0.717, 1.165) is 17.8 Å². The van der Waals surface area contributed by atoms with Crippen molar-refractivity contribution in [1.29, 1.82) is 0 Å². The molecule has 1 heteroatoms. The van der Waals surface area contributed by atoms with Gasteiger partial charge in [-0.15, -0.1) is 0 Å². The molecule has 0 aromatic heterocycles. The van der Waals surface area contributed by atoms with E-state index in [4.69, 9.17) is 0 Å². The summed E-state index contributed by atoms with van der Waals surface area (Å²) in [6, 6.07) is 25.0. The third kappa shape index (κ3) is 2.67. The zero-order valence-corrected chi connectivity index (χ0v) is 17.4. The molecule has 0 heterocycles. The van der Waals surface area contributed by atoms with Gasteiger partial charge < -0.3 is 5.32 Å². The minimum absolute atomic E-state index is 0.0762. The van der Waals surface area contributed by atoms with Gasteiger partial charge in [0.15, 0.2) is 0 Å². The first kappa shape index (κ1) is 17.3. The Hall–Kier alpha value is -2.54. The summed E-state index contributed by atoms with van der Waals surface area (Å²) in [7, 11) is 0. The molecule has 0 amide bonds. The van der Waals surface area contributed by atoms with Gasteiger partial charge in [0.2, 0.25) is 0 Å². The molecule has 2 bridgehead atoms. The van der Waals surface area contributed by atoms with Crippen LogP contribution in [0.2, 0.25) is 0 Å². The number of hydrogen-bond acceptors (Lipinski definition) is 1. The van der Waals surface area contributed by atoms with Crippen LogP contribution in [0.4, 0.5) is 11.4 Å². The highest BCUT2D eigenvalue weighted by Crippen LogP contribution is 2.53. The van der Waals surface area contributed by atoms with E-state index in [1.54, 1.807) is 5.56 Å². The van der Waals surface area contributed by atoms with E-state index in [2.05, 4.69) is 85.9 Å². The van der Waals surface area contributed by atoms with Crippen LogP contribution in [0, 0.1) is 11.8 Å². The van der Waals surface area contributed by atoms with E-state index >= 15 is 0 Å². The Balaban J connectivity index is 1.27. The number of rotatable bonds is 3. The normalized spacial score (nSPS) is 25.7. The summed E-state index contributed by atoms with van der Waals surface area (Å²) in [5.41, 5.74) is 9.58. The van der Waals surface area contributed by atoms with Crippen molar-refractivity contribution >= 4 is 11.4 Å². The molecule has 1 nitrogen and oxygen atoms in total.